The van der Waals surface area contributed by atoms with Crippen LogP contribution in [0.5, 0.6) is 0 Å². The number of aromatic nitrogens is 2. The van der Waals surface area contributed by atoms with Crippen LogP contribution in [0.2, 0.25) is 0 Å². The van der Waals surface area contributed by atoms with Gasteiger partial charge in [0, 0.05) is 0 Å². The first-order valence-electron chi connectivity index (χ1n) is 4.65. The molecule has 2 aromatic rings. The van der Waals surface area contributed by atoms with Gasteiger partial charge < -0.3 is 14.7 Å². The maximum Gasteiger partial charge on any atom is 0.274 e. The molecule has 0 unspecified atom stereocenters. The molecular weight excluding hydrogens is 248 g/mol. The van der Waals surface area contributed by atoms with E-state index < -0.39 is 10.0 Å². The molecular formula is C8H10N4O4S. The van der Waals surface area contributed by atoms with E-state index in [1.54, 1.807) is 0 Å². The molecule has 9 heteroatoms. The number of furan rings is 1. The van der Waals surface area contributed by atoms with Gasteiger partial charge in [-0.15, -0.1) is 0 Å². The van der Waals surface area contributed by atoms with Crippen molar-refractivity contribution >= 4 is 10.0 Å². The Bertz CT molecular complexity index is 574. The number of nitrogens with one attached hydrogen (secondary N) is 1. The lowest BCUT2D eigenvalue weighted by molar-refractivity contribution is 0.405. The molecule has 3 N–H and O–H groups in total. The zero-order valence-corrected chi connectivity index (χ0v) is 9.48. The summed E-state index contributed by atoms with van der Waals surface area (Å²) in [5, 5.41) is 3.28. The zero-order chi connectivity index (χ0) is 12.3. The third kappa shape index (κ3) is 2.70. The molecule has 2 rings (SSSR count). The fourth-order valence-electron chi connectivity index (χ4n) is 1.11. The van der Waals surface area contributed by atoms with Crippen LogP contribution in [0.15, 0.2) is 32.6 Å². The van der Waals surface area contributed by atoms with E-state index in [1.165, 1.54) is 12.1 Å². The standard InChI is InChI=1S/C8H10N4O4S/c9-3-6-1-2-8(16-6)17(13,14)11-4-7-10-5-15-12-7/h1-2,5,11H,3-4,9H2. The summed E-state index contributed by atoms with van der Waals surface area (Å²) >= 11 is 0. The summed E-state index contributed by atoms with van der Waals surface area (Å²) in [5.41, 5.74) is 5.32. The summed E-state index contributed by atoms with van der Waals surface area (Å²) in [6.45, 7) is 0.0673. The molecule has 0 spiro atoms. The highest BCUT2D eigenvalue weighted by Crippen LogP contribution is 2.13. The van der Waals surface area contributed by atoms with Gasteiger partial charge in [0.15, 0.2) is 5.82 Å². The fraction of sp³-hybridized carbons (Fsp3) is 0.250. The van der Waals surface area contributed by atoms with Crippen LogP contribution >= 0.6 is 0 Å². The highest BCUT2D eigenvalue weighted by molar-refractivity contribution is 7.89. The monoisotopic (exact) mass is 258 g/mol. The number of rotatable bonds is 5. The number of sulfonamides is 1. The van der Waals surface area contributed by atoms with Crippen molar-refractivity contribution in [3.8, 4) is 0 Å². The van der Waals surface area contributed by atoms with Gasteiger partial charge in [0.1, 0.15) is 5.76 Å². The fourth-order valence-corrected chi connectivity index (χ4v) is 2.04. The SMILES string of the molecule is NCc1ccc(S(=O)(=O)NCc2ncon2)o1. The Balaban J connectivity index is 2.08. The van der Waals surface area contributed by atoms with Crippen LogP contribution in [0.25, 0.3) is 0 Å². The summed E-state index contributed by atoms with van der Waals surface area (Å²) in [7, 11) is -3.72. The zero-order valence-electron chi connectivity index (χ0n) is 8.66. The van der Waals surface area contributed by atoms with E-state index in [1.807, 2.05) is 0 Å². The Morgan fingerprint density at radius 1 is 1.41 bits per heavy atom. The Morgan fingerprint density at radius 3 is 2.82 bits per heavy atom. The van der Waals surface area contributed by atoms with E-state index >= 15 is 0 Å². The quantitative estimate of drug-likeness (QED) is 0.747. The van der Waals surface area contributed by atoms with E-state index in [0.29, 0.717) is 5.76 Å². The molecule has 92 valence electrons. The normalized spacial score (nSPS) is 11.8. The van der Waals surface area contributed by atoms with Crippen LogP contribution in [0, 0.1) is 0 Å². The highest BCUT2D eigenvalue weighted by Gasteiger charge is 2.18. The van der Waals surface area contributed by atoms with Crippen molar-refractivity contribution in [1.82, 2.24) is 14.9 Å². The van der Waals surface area contributed by atoms with Gasteiger partial charge in [-0.05, 0) is 12.1 Å². The smallest absolute Gasteiger partial charge is 0.274 e. The van der Waals surface area contributed by atoms with Crippen molar-refractivity contribution in [2.75, 3.05) is 0 Å². The van der Waals surface area contributed by atoms with Crippen molar-refractivity contribution in [2.45, 2.75) is 18.2 Å². The van der Waals surface area contributed by atoms with Crippen molar-refractivity contribution in [3.63, 3.8) is 0 Å². The minimum Gasteiger partial charge on any atom is -0.447 e. The predicted octanol–water partition coefficient (Wildman–Crippen LogP) is -0.400. The first-order valence-corrected chi connectivity index (χ1v) is 6.14. The van der Waals surface area contributed by atoms with Gasteiger partial charge in [-0.3, -0.25) is 0 Å². The van der Waals surface area contributed by atoms with Gasteiger partial charge in [0.05, 0.1) is 13.1 Å². The number of hydrogen-bond donors (Lipinski definition) is 2. The van der Waals surface area contributed by atoms with Crippen LogP contribution in [0.4, 0.5) is 0 Å². The molecule has 8 nitrogen and oxygen atoms in total. The minimum atomic E-state index is -3.72. The maximum atomic E-state index is 11.7. The Labute approximate surface area is 96.8 Å². The lowest BCUT2D eigenvalue weighted by Gasteiger charge is -2.00. The molecule has 0 atom stereocenters. The van der Waals surface area contributed by atoms with Gasteiger partial charge in [0.25, 0.3) is 10.0 Å². The van der Waals surface area contributed by atoms with Crippen molar-refractivity contribution in [2.24, 2.45) is 5.73 Å². The molecule has 17 heavy (non-hydrogen) atoms. The molecule has 0 saturated heterocycles. The molecule has 0 aromatic carbocycles. The number of hydrogen-bond acceptors (Lipinski definition) is 7. The van der Waals surface area contributed by atoms with Gasteiger partial charge in [-0.25, -0.2) is 13.1 Å². The summed E-state index contributed by atoms with van der Waals surface area (Å²) < 4.78 is 35.2. The summed E-state index contributed by atoms with van der Waals surface area (Å²) in [4.78, 5) is 3.68. The van der Waals surface area contributed by atoms with Crippen molar-refractivity contribution in [3.05, 3.63) is 30.1 Å². The topological polar surface area (TPSA) is 124 Å². The van der Waals surface area contributed by atoms with Crippen LogP contribution in [-0.2, 0) is 23.1 Å². The Morgan fingerprint density at radius 2 is 2.24 bits per heavy atom. The van der Waals surface area contributed by atoms with Crippen LogP contribution in [0.3, 0.4) is 0 Å². The average Bonchev–Trinajstić information content (AvgIpc) is 2.98. The lowest BCUT2D eigenvalue weighted by Crippen LogP contribution is -2.23. The summed E-state index contributed by atoms with van der Waals surface area (Å²) in [6.07, 6.45) is 1.11. The number of nitrogens with zero attached hydrogens (tertiary/aromatic N) is 2. The molecule has 0 aliphatic heterocycles. The average molecular weight is 258 g/mol. The van der Waals surface area contributed by atoms with E-state index in [-0.39, 0.29) is 24.0 Å². The first-order chi connectivity index (χ1) is 8.12. The molecule has 0 fully saturated rings. The van der Waals surface area contributed by atoms with E-state index in [2.05, 4.69) is 19.4 Å². The second-order valence-electron chi connectivity index (χ2n) is 3.10. The molecule has 0 amide bonds. The minimum absolute atomic E-state index is 0.0719. The molecule has 0 radical (unpaired) electrons. The van der Waals surface area contributed by atoms with E-state index in [9.17, 15) is 8.42 Å². The molecule has 0 aliphatic rings. The molecule has 2 aromatic heterocycles. The van der Waals surface area contributed by atoms with Crippen LogP contribution in [-0.4, -0.2) is 18.6 Å². The Kier molecular flexibility index (Phi) is 3.22. The second-order valence-corrected chi connectivity index (χ2v) is 4.79. The largest absolute Gasteiger partial charge is 0.447 e. The first kappa shape index (κ1) is 11.8. The molecule has 2 heterocycles. The molecule has 0 bridgehead atoms. The lowest BCUT2D eigenvalue weighted by atomic mass is 10.5. The van der Waals surface area contributed by atoms with Gasteiger partial charge >= 0.3 is 0 Å². The highest BCUT2D eigenvalue weighted by atomic mass is 32.2. The third-order valence-electron chi connectivity index (χ3n) is 1.93. The van der Waals surface area contributed by atoms with Gasteiger partial charge in [-0.2, -0.15) is 4.98 Å². The van der Waals surface area contributed by atoms with E-state index in [0.717, 1.165) is 6.39 Å². The molecule has 0 saturated carbocycles. The maximum absolute atomic E-state index is 11.7. The van der Waals surface area contributed by atoms with Gasteiger partial charge in [-0.1, -0.05) is 5.16 Å². The Hall–Kier alpha value is -1.71. The predicted molar refractivity (Wildman–Crippen MR) is 54.9 cm³/mol. The van der Waals surface area contributed by atoms with Gasteiger partial charge in [0.2, 0.25) is 11.5 Å². The van der Waals surface area contributed by atoms with Crippen molar-refractivity contribution < 1.29 is 17.4 Å². The molecule has 0 aliphatic carbocycles. The summed E-state index contributed by atoms with van der Waals surface area (Å²) in [6, 6.07) is 2.84. The summed E-state index contributed by atoms with van der Waals surface area (Å²) in [5.74, 6) is 0.629. The third-order valence-corrected chi connectivity index (χ3v) is 3.20. The second kappa shape index (κ2) is 4.65. The van der Waals surface area contributed by atoms with Crippen LogP contribution in [0.1, 0.15) is 11.6 Å². The van der Waals surface area contributed by atoms with Crippen LogP contribution < -0.4 is 10.5 Å². The van der Waals surface area contributed by atoms with Crippen molar-refractivity contribution in [1.29, 1.82) is 0 Å². The number of nitrogens with two attached hydrogens (primary N) is 1. The van der Waals surface area contributed by atoms with E-state index in [4.69, 9.17) is 10.2 Å².